The standard InChI is InChI=1S/C27H32N4O5/c1-3-35-15-14-30-10-12-31(13-11-30)26(33)18-36-22-7-4-20(5-8-22)23-17-24(29-27(34)28-23)21-6-9-25(32)19(2)16-21/h4-9,16-17,32H,3,10-15,18H2,1-2H3,(H,28,29,34). The number of aromatic nitrogens is 2. The molecule has 1 amide bonds. The minimum atomic E-state index is -0.461. The zero-order chi connectivity index (χ0) is 25.5. The molecule has 3 aromatic rings. The first-order valence-electron chi connectivity index (χ1n) is 12.2. The molecule has 2 heterocycles. The zero-order valence-electron chi connectivity index (χ0n) is 20.7. The van der Waals surface area contributed by atoms with Crippen molar-refractivity contribution in [1.82, 2.24) is 19.8 Å². The van der Waals surface area contributed by atoms with Gasteiger partial charge in [0.2, 0.25) is 0 Å². The van der Waals surface area contributed by atoms with Crippen molar-refractivity contribution in [2.24, 2.45) is 0 Å². The van der Waals surface area contributed by atoms with Crippen LogP contribution in [0.2, 0.25) is 0 Å². The normalized spacial score (nSPS) is 14.1. The number of hydrogen-bond donors (Lipinski definition) is 2. The number of aromatic amines is 1. The third-order valence-electron chi connectivity index (χ3n) is 6.25. The van der Waals surface area contributed by atoms with Gasteiger partial charge in [0.1, 0.15) is 11.5 Å². The fraction of sp³-hybridized carbons (Fsp3) is 0.370. The van der Waals surface area contributed by atoms with Gasteiger partial charge in [0.15, 0.2) is 6.61 Å². The van der Waals surface area contributed by atoms with Crippen LogP contribution in [0.25, 0.3) is 22.5 Å². The third kappa shape index (κ3) is 6.50. The summed E-state index contributed by atoms with van der Waals surface area (Å²) in [4.78, 5) is 35.7. The molecular formula is C27H32N4O5. The van der Waals surface area contributed by atoms with Crippen molar-refractivity contribution in [1.29, 1.82) is 0 Å². The predicted octanol–water partition coefficient (Wildman–Crippen LogP) is 2.68. The number of rotatable bonds is 9. The summed E-state index contributed by atoms with van der Waals surface area (Å²) in [5, 5.41) is 9.77. The number of phenolic OH excluding ortho intramolecular Hbond substituents is 1. The first kappa shape index (κ1) is 25.4. The Morgan fingerprint density at radius 1 is 1.06 bits per heavy atom. The van der Waals surface area contributed by atoms with Crippen LogP contribution >= 0.6 is 0 Å². The molecule has 1 saturated heterocycles. The number of H-pyrrole nitrogens is 1. The van der Waals surface area contributed by atoms with Crippen molar-refractivity contribution < 1.29 is 19.4 Å². The number of aromatic hydroxyl groups is 1. The summed E-state index contributed by atoms with van der Waals surface area (Å²) < 4.78 is 11.1. The molecular weight excluding hydrogens is 460 g/mol. The highest BCUT2D eigenvalue weighted by Crippen LogP contribution is 2.26. The minimum Gasteiger partial charge on any atom is -0.508 e. The fourth-order valence-electron chi connectivity index (χ4n) is 4.10. The highest BCUT2D eigenvalue weighted by molar-refractivity contribution is 5.78. The van der Waals surface area contributed by atoms with E-state index in [1.807, 2.05) is 24.0 Å². The topological polar surface area (TPSA) is 108 Å². The van der Waals surface area contributed by atoms with Gasteiger partial charge in [-0.05, 0) is 73.5 Å². The van der Waals surface area contributed by atoms with E-state index in [0.29, 0.717) is 42.4 Å². The van der Waals surface area contributed by atoms with Crippen LogP contribution in [-0.2, 0) is 9.53 Å². The van der Waals surface area contributed by atoms with Gasteiger partial charge < -0.3 is 24.5 Å². The number of aryl methyl sites for hydroxylation is 1. The average molecular weight is 493 g/mol. The van der Waals surface area contributed by atoms with Gasteiger partial charge in [0.25, 0.3) is 5.91 Å². The molecule has 190 valence electrons. The molecule has 4 rings (SSSR count). The summed E-state index contributed by atoms with van der Waals surface area (Å²) in [6.07, 6.45) is 0. The molecule has 0 saturated carbocycles. The van der Waals surface area contributed by atoms with Crippen LogP contribution < -0.4 is 10.4 Å². The van der Waals surface area contributed by atoms with Gasteiger partial charge in [0, 0.05) is 44.9 Å². The van der Waals surface area contributed by atoms with E-state index in [-0.39, 0.29) is 18.3 Å². The van der Waals surface area contributed by atoms with E-state index >= 15 is 0 Å². The number of hydrogen-bond acceptors (Lipinski definition) is 7. The second-order valence-electron chi connectivity index (χ2n) is 8.72. The Kier molecular flexibility index (Phi) is 8.35. The summed E-state index contributed by atoms with van der Waals surface area (Å²) >= 11 is 0. The lowest BCUT2D eigenvalue weighted by atomic mass is 10.1. The van der Waals surface area contributed by atoms with Crippen LogP contribution in [0, 0.1) is 6.92 Å². The van der Waals surface area contributed by atoms with E-state index in [1.165, 1.54) is 0 Å². The SMILES string of the molecule is CCOCCN1CCN(C(=O)COc2ccc(-c3cc(-c4ccc(O)c(C)c4)nc(=O)[nH]3)cc2)CC1. The molecule has 0 radical (unpaired) electrons. The number of carbonyl (C=O) groups excluding carboxylic acids is 1. The van der Waals surface area contributed by atoms with Gasteiger partial charge in [-0.3, -0.25) is 9.69 Å². The first-order valence-corrected chi connectivity index (χ1v) is 12.2. The third-order valence-corrected chi connectivity index (χ3v) is 6.25. The highest BCUT2D eigenvalue weighted by atomic mass is 16.5. The van der Waals surface area contributed by atoms with E-state index < -0.39 is 5.69 Å². The molecule has 36 heavy (non-hydrogen) atoms. The Morgan fingerprint density at radius 3 is 2.47 bits per heavy atom. The molecule has 9 heteroatoms. The summed E-state index contributed by atoms with van der Waals surface area (Å²) in [5.74, 6) is 0.738. The van der Waals surface area contributed by atoms with E-state index in [9.17, 15) is 14.7 Å². The number of piperazine rings is 1. The largest absolute Gasteiger partial charge is 0.508 e. The molecule has 1 aliphatic rings. The predicted molar refractivity (Wildman–Crippen MR) is 137 cm³/mol. The Bertz CT molecular complexity index is 1230. The molecule has 9 nitrogen and oxygen atoms in total. The van der Waals surface area contributed by atoms with E-state index in [1.54, 1.807) is 43.3 Å². The molecule has 0 spiro atoms. The van der Waals surface area contributed by atoms with Crippen LogP contribution in [0.3, 0.4) is 0 Å². The van der Waals surface area contributed by atoms with Crippen molar-refractivity contribution in [2.75, 3.05) is 52.5 Å². The number of carbonyl (C=O) groups is 1. The fourth-order valence-corrected chi connectivity index (χ4v) is 4.10. The molecule has 2 aromatic carbocycles. The number of benzene rings is 2. The quantitative estimate of drug-likeness (QED) is 0.442. The Labute approximate surface area is 210 Å². The van der Waals surface area contributed by atoms with E-state index in [2.05, 4.69) is 14.9 Å². The number of phenols is 1. The second-order valence-corrected chi connectivity index (χ2v) is 8.72. The zero-order valence-corrected chi connectivity index (χ0v) is 20.7. The number of nitrogens with one attached hydrogen (secondary N) is 1. The van der Waals surface area contributed by atoms with Crippen LogP contribution in [0.5, 0.6) is 11.5 Å². The maximum atomic E-state index is 12.6. The van der Waals surface area contributed by atoms with Crippen LogP contribution in [0.4, 0.5) is 0 Å². The smallest absolute Gasteiger partial charge is 0.345 e. The van der Waals surface area contributed by atoms with Gasteiger partial charge in [0.05, 0.1) is 18.0 Å². The second kappa shape index (κ2) is 11.8. The summed E-state index contributed by atoms with van der Waals surface area (Å²) in [6.45, 7) is 9.13. The van der Waals surface area contributed by atoms with E-state index in [0.717, 1.165) is 37.4 Å². The lowest BCUT2D eigenvalue weighted by Gasteiger charge is -2.34. The summed E-state index contributed by atoms with van der Waals surface area (Å²) in [5.41, 5.74) is 2.90. The Morgan fingerprint density at radius 2 is 1.78 bits per heavy atom. The van der Waals surface area contributed by atoms with Crippen LogP contribution in [0.15, 0.2) is 53.3 Å². The van der Waals surface area contributed by atoms with Crippen molar-refractivity contribution in [3.05, 3.63) is 64.6 Å². The van der Waals surface area contributed by atoms with E-state index in [4.69, 9.17) is 9.47 Å². The van der Waals surface area contributed by atoms with Gasteiger partial charge in [-0.2, -0.15) is 4.98 Å². The van der Waals surface area contributed by atoms with Gasteiger partial charge in [-0.25, -0.2) is 4.79 Å². The minimum absolute atomic E-state index is 0.0191. The maximum Gasteiger partial charge on any atom is 0.345 e. The van der Waals surface area contributed by atoms with Crippen LogP contribution in [-0.4, -0.2) is 83.3 Å². The first-order chi connectivity index (χ1) is 17.4. The van der Waals surface area contributed by atoms with Gasteiger partial charge in [-0.15, -0.1) is 0 Å². The molecule has 1 fully saturated rings. The van der Waals surface area contributed by atoms with Gasteiger partial charge in [-0.1, -0.05) is 0 Å². The molecule has 1 aliphatic heterocycles. The molecule has 0 aliphatic carbocycles. The Hall–Kier alpha value is -3.69. The summed E-state index contributed by atoms with van der Waals surface area (Å²) in [6, 6.07) is 14.1. The lowest BCUT2D eigenvalue weighted by Crippen LogP contribution is -2.50. The molecule has 0 atom stereocenters. The summed E-state index contributed by atoms with van der Waals surface area (Å²) in [7, 11) is 0. The van der Waals surface area contributed by atoms with Gasteiger partial charge >= 0.3 is 5.69 Å². The lowest BCUT2D eigenvalue weighted by molar-refractivity contribution is -0.135. The Balaban J connectivity index is 1.34. The maximum absolute atomic E-state index is 12.6. The number of nitrogens with zero attached hydrogens (tertiary/aromatic N) is 3. The molecule has 0 unspecified atom stereocenters. The highest BCUT2D eigenvalue weighted by Gasteiger charge is 2.21. The van der Waals surface area contributed by atoms with Crippen molar-refractivity contribution in [3.63, 3.8) is 0 Å². The molecule has 0 bridgehead atoms. The number of amides is 1. The number of ether oxygens (including phenoxy) is 2. The van der Waals surface area contributed by atoms with Crippen molar-refractivity contribution >= 4 is 5.91 Å². The molecule has 1 aromatic heterocycles. The van der Waals surface area contributed by atoms with Crippen LogP contribution in [0.1, 0.15) is 12.5 Å². The van der Waals surface area contributed by atoms with Crippen molar-refractivity contribution in [3.8, 4) is 34.0 Å². The molecule has 2 N–H and O–H groups in total. The average Bonchev–Trinajstić information content (AvgIpc) is 2.89. The monoisotopic (exact) mass is 492 g/mol. The van der Waals surface area contributed by atoms with Crippen molar-refractivity contribution in [2.45, 2.75) is 13.8 Å².